The number of carbonyl (C=O) groups excluding carboxylic acids is 1. The van der Waals surface area contributed by atoms with E-state index in [9.17, 15) is 14.9 Å². The second kappa shape index (κ2) is 7.81. The van der Waals surface area contributed by atoms with Gasteiger partial charge in [-0.3, -0.25) is 14.9 Å². The molecule has 7 heteroatoms. The van der Waals surface area contributed by atoms with Crippen molar-refractivity contribution >= 4 is 23.2 Å². The van der Waals surface area contributed by atoms with Crippen LogP contribution in [0.5, 0.6) is 0 Å². The van der Waals surface area contributed by atoms with Crippen molar-refractivity contribution in [2.75, 3.05) is 20.3 Å². The number of nitrogens with zero attached hydrogens (tertiary/aromatic N) is 1. The number of carbonyl (C=O) groups is 1. The van der Waals surface area contributed by atoms with Crippen LogP contribution >= 0.6 is 11.6 Å². The van der Waals surface area contributed by atoms with E-state index in [1.54, 1.807) is 20.1 Å². The van der Waals surface area contributed by atoms with Crippen LogP contribution < -0.4 is 5.32 Å². The number of nitrogens with one attached hydrogen (secondary N) is 1. The first-order chi connectivity index (χ1) is 9.45. The Bertz CT molecular complexity index is 493. The van der Waals surface area contributed by atoms with Crippen molar-refractivity contribution in [3.8, 4) is 0 Å². The predicted molar refractivity (Wildman–Crippen MR) is 76.3 cm³/mol. The molecule has 0 heterocycles. The molecule has 1 aromatic carbocycles. The Hall–Kier alpha value is -1.66. The molecule has 0 radical (unpaired) electrons. The zero-order chi connectivity index (χ0) is 15.1. The third-order valence-electron chi connectivity index (χ3n) is 2.68. The number of hydrogen-bond donors (Lipinski definition) is 1. The number of nitro groups is 1. The minimum Gasteiger partial charge on any atom is -0.383 e. The van der Waals surface area contributed by atoms with Gasteiger partial charge in [0.1, 0.15) is 5.56 Å². The molecule has 1 unspecified atom stereocenters. The van der Waals surface area contributed by atoms with E-state index < -0.39 is 10.8 Å². The number of amides is 1. The number of nitro benzene ring substituents is 1. The Kier molecular flexibility index (Phi) is 6.41. The molecular weight excluding hydrogens is 284 g/mol. The summed E-state index contributed by atoms with van der Waals surface area (Å²) in [5, 5.41) is 13.3. The van der Waals surface area contributed by atoms with Crippen molar-refractivity contribution in [3.63, 3.8) is 0 Å². The maximum atomic E-state index is 12.0. The van der Waals surface area contributed by atoms with Gasteiger partial charge < -0.3 is 10.1 Å². The van der Waals surface area contributed by atoms with Crippen molar-refractivity contribution in [3.05, 3.63) is 39.4 Å². The summed E-state index contributed by atoms with van der Waals surface area (Å²) in [5.41, 5.74) is 0.649. The van der Waals surface area contributed by atoms with E-state index in [0.29, 0.717) is 19.6 Å². The maximum absolute atomic E-state index is 12.0. The fraction of sp³-hybridized carbons (Fsp3) is 0.462. The summed E-state index contributed by atoms with van der Waals surface area (Å²) in [6, 6.07) is 4.43. The van der Waals surface area contributed by atoms with Gasteiger partial charge in [0.05, 0.1) is 16.9 Å². The predicted octanol–water partition coefficient (Wildman–Crippen LogP) is 2.28. The van der Waals surface area contributed by atoms with Crippen LogP contribution in [0, 0.1) is 17.0 Å². The molecule has 20 heavy (non-hydrogen) atoms. The van der Waals surface area contributed by atoms with Gasteiger partial charge in [-0.1, -0.05) is 6.07 Å². The summed E-state index contributed by atoms with van der Waals surface area (Å²) in [6.45, 7) is 2.50. The van der Waals surface area contributed by atoms with E-state index in [2.05, 4.69) is 5.32 Å². The Morgan fingerprint density at radius 2 is 2.25 bits per heavy atom. The maximum Gasteiger partial charge on any atom is 0.282 e. The normalized spacial score (nSPS) is 11.9. The molecule has 1 N–H and O–H groups in total. The molecule has 1 atom stereocenters. The number of ether oxygens (including phenoxy) is 1. The number of methoxy groups -OCH3 is 1. The molecule has 0 aliphatic carbocycles. The number of aryl methyl sites for hydroxylation is 1. The fourth-order valence-corrected chi connectivity index (χ4v) is 1.93. The first-order valence-electron chi connectivity index (χ1n) is 6.12. The van der Waals surface area contributed by atoms with Gasteiger partial charge in [0.25, 0.3) is 11.6 Å². The van der Waals surface area contributed by atoms with Crippen molar-refractivity contribution in [2.24, 2.45) is 0 Å². The molecule has 0 spiro atoms. The lowest BCUT2D eigenvalue weighted by atomic mass is 10.1. The highest BCUT2D eigenvalue weighted by Crippen LogP contribution is 2.19. The Labute approximate surface area is 122 Å². The summed E-state index contributed by atoms with van der Waals surface area (Å²) in [5.74, 6) is -0.471. The van der Waals surface area contributed by atoms with Crippen molar-refractivity contribution < 1.29 is 14.5 Å². The van der Waals surface area contributed by atoms with Gasteiger partial charge in [-0.25, -0.2) is 0 Å². The number of halogens is 1. The van der Waals surface area contributed by atoms with Gasteiger partial charge in [0.15, 0.2) is 0 Å². The van der Waals surface area contributed by atoms with Gasteiger partial charge in [-0.05, 0) is 25.0 Å². The third kappa shape index (κ3) is 4.79. The second-order valence-corrected chi connectivity index (χ2v) is 4.99. The van der Waals surface area contributed by atoms with Crippen LogP contribution in [0.3, 0.4) is 0 Å². The molecule has 110 valence electrons. The van der Waals surface area contributed by atoms with Crippen molar-refractivity contribution in [1.29, 1.82) is 0 Å². The highest BCUT2D eigenvalue weighted by atomic mass is 35.5. The van der Waals surface area contributed by atoms with E-state index in [0.717, 1.165) is 5.56 Å². The molecule has 0 fully saturated rings. The quantitative estimate of drug-likeness (QED) is 0.476. The largest absolute Gasteiger partial charge is 0.383 e. The van der Waals surface area contributed by atoms with Crippen LogP contribution in [-0.2, 0) is 4.74 Å². The topological polar surface area (TPSA) is 81.5 Å². The first-order valence-corrected chi connectivity index (χ1v) is 6.55. The van der Waals surface area contributed by atoms with E-state index >= 15 is 0 Å². The second-order valence-electron chi connectivity index (χ2n) is 4.37. The van der Waals surface area contributed by atoms with Crippen LogP contribution in [0.2, 0.25) is 0 Å². The number of hydrogen-bond acceptors (Lipinski definition) is 4. The molecule has 1 rings (SSSR count). The van der Waals surface area contributed by atoms with Crippen LogP contribution in [0.4, 0.5) is 5.69 Å². The molecule has 0 bridgehead atoms. The Morgan fingerprint density at radius 1 is 1.55 bits per heavy atom. The first kappa shape index (κ1) is 16.4. The molecule has 1 amide bonds. The lowest BCUT2D eigenvalue weighted by molar-refractivity contribution is -0.385. The Morgan fingerprint density at radius 3 is 2.85 bits per heavy atom. The van der Waals surface area contributed by atoms with Gasteiger partial charge >= 0.3 is 0 Å². The molecule has 1 aromatic rings. The molecule has 0 aliphatic rings. The number of alkyl halides is 1. The van der Waals surface area contributed by atoms with Crippen LogP contribution in [-0.4, -0.2) is 36.5 Å². The minimum absolute atomic E-state index is 0.0628. The lowest BCUT2D eigenvalue weighted by Crippen LogP contribution is -2.27. The average molecular weight is 301 g/mol. The molecular formula is C13H17ClN2O4. The van der Waals surface area contributed by atoms with E-state index in [1.807, 2.05) is 0 Å². The molecule has 0 saturated heterocycles. The van der Waals surface area contributed by atoms with E-state index in [-0.39, 0.29) is 16.6 Å². The smallest absolute Gasteiger partial charge is 0.282 e. The monoisotopic (exact) mass is 300 g/mol. The lowest BCUT2D eigenvalue weighted by Gasteiger charge is -2.09. The zero-order valence-corrected chi connectivity index (χ0v) is 12.1. The van der Waals surface area contributed by atoms with Gasteiger partial charge in [-0.2, -0.15) is 0 Å². The van der Waals surface area contributed by atoms with Crippen LogP contribution in [0.15, 0.2) is 18.2 Å². The van der Waals surface area contributed by atoms with Gasteiger partial charge in [-0.15, -0.1) is 11.6 Å². The van der Waals surface area contributed by atoms with Gasteiger partial charge in [0.2, 0.25) is 0 Å². The SMILES string of the molecule is COCC(Cl)CCNC(=O)c1cc(C)ccc1[N+](=O)[O-]. The molecule has 6 nitrogen and oxygen atoms in total. The summed E-state index contributed by atoms with van der Waals surface area (Å²) >= 11 is 5.93. The van der Waals surface area contributed by atoms with Crippen LogP contribution in [0.25, 0.3) is 0 Å². The summed E-state index contributed by atoms with van der Waals surface area (Å²) in [7, 11) is 1.55. The average Bonchev–Trinajstić information content (AvgIpc) is 2.38. The highest BCUT2D eigenvalue weighted by Gasteiger charge is 2.19. The molecule has 0 aromatic heterocycles. The van der Waals surface area contributed by atoms with Crippen molar-refractivity contribution in [1.82, 2.24) is 5.32 Å². The third-order valence-corrected chi connectivity index (χ3v) is 3.03. The van der Waals surface area contributed by atoms with E-state index in [4.69, 9.17) is 16.3 Å². The standard InChI is InChI=1S/C13H17ClN2O4/c1-9-3-4-12(16(18)19)11(7-9)13(17)15-6-5-10(14)8-20-2/h3-4,7,10H,5-6,8H2,1-2H3,(H,15,17). The highest BCUT2D eigenvalue weighted by molar-refractivity contribution is 6.20. The summed E-state index contributed by atoms with van der Waals surface area (Å²) < 4.78 is 4.88. The summed E-state index contributed by atoms with van der Waals surface area (Å²) in [4.78, 5) is 22.3. The summed E-state index contributed by atoms with van der Waals surface area (Å²) in [6.07, 6.45) is 0.529. The fourth-order valence-electron chi connectivity index (χ4n) is 1.69. The zero-order valence-electron chi connectivity index (χ0n) is 11.4. The number of rotatable bonds is 7. The van der Waals surface area contributed by atoms with Crippen molar-refractivity contribution in [2.45, 2.75) is 18.7 Å². The molecule has 0 saturated carbocycles. The van der Waals surface area contributed by atoms with Crippen LogP contribution in [0.1, 0.15) is 22.3 Å². The molecule has 0 aliphatic heterocycles. The van der Waals surface area contributed by atoms with E-state index in [1.165, 1.54) is 12.1 Å². The minimum atomic E-state index is -0.566. The number of benzene rings is 1. The Balaban J connectivity index is 2.68. The van der Waals surface area contributed by atoms with Gasteiger partial charge in [0, 0.05) is 19.7 Å².